The van der Waals surface area contributed by atoms with Gasteiger partial charge in [0.15, 0.2) is 0 Å². The summed E-state index contributed by atoms with van der Waals surface area (Å²) in [6, 6.07) is 11.9. The highest BCUT2D eigenvalue weighted by Crippen LogP contribution is 2.29. The lowest BCUT2D eigenvalue weighted by atomic mass is 10.0. The first-order valence-corrected chi connectivity index (χ1v) is 7.53. The summed E-state index contributed by atoms with van der Waals surface area (Å²) in [7, 11) is 0. The van der Waals surface area contributed by atoms with E-state index in [0.29, 0.717) is 5.56 Å². The molecule has 0 heterocycles. The fourth-order valence-corrected chi connectivity index (χ4v) is 2.39. The van der Waals surface area contributed by atoms with Crippen molar-refractivity contribution in [3.63, 3.8) is 0 Å². The van der Waals surface area contributed by atoms with E-state index in [9.17, 15) is 18.0 Å². The van der Waals surface area contributed by atoms with Gasteiger partial charge < -0.3 is 10.6 Å². The molecule has 3 nitrogen and oxygen atoms in total. The molecule has 0 aliphatic rings. The number of hydrogen-bond acceptors (Lipinski definition) is 1. The first kappa shape index (κ1) is 17.8. The molecule has 2 aromatic rings. The lowest BCUT2D eigenvalue weighted by Crippen LogP contribution is -2.36. The molecule has 2 N–H and O–H groups in total. The maximum absolute atomic E-state index is 12.5. The average molecular weight is 336 g/mol. The second-order valence-electron chi connectivity index (χ2n) is 5.60. The number of hydrogen-bond donors (Lipinski definition) is 2. The van der Waals surface area contributed by atoms with Crippen LogP contribution >= 0.6 is 0 Å². The van der Waals surface area contributed by atoms with Gasteiger partial charge in [-0.3, -0.25) is 0 Å². The van der Waals surface area contributed by atoms with Crippen molar-refractivity contribution < 1.29 is 18.0 Å². The Kier molecular flexibility index (Phi) is 5.49. The second-order valence-corrected chi connectivity index (χ2v) is 5.60. The van der Waals surface area contributed by atoms with Gasteiger partial charge in [-0.05, 0) is 42.7 Å². The molecule has 0 spiro atoms. The summed E-state index contributed by atoms with van der Waals surface area (Å²) < 4.78 is 37.5. The summed E-state index contributed by atoms with van der Waals surface area (Å²) in [6.45, 7) is 4.00. The molecule has 1 atom stereocenters. The molecule has 0 fully saturated rings. The highest BCUT2D eigenvalue weighted by molar-refractivity contribution is 5.74. The molecule has 2 amide bonds. The van der Waals surface area contributed by atoms with E-state index in [2.05, 4.69) is 10.6 Å². The monoisotopic (exact) mass is 336 g/mol. The lowest BCUT2D eigenvalue weighted by molar-refractivity contribution is -0.137. The van der Waals surface area contributed by atoms with Crippen LogP contribution in [0.3, 0.4) is 0 Å². The van der Waals surface area contributed by atoms with Gasteiger partial charge in [0.2, 0.25) is 0 Å². The summed E-state index contributed by atoms with van der Waals surface area (Å²) >= 11 is 0. The van der Waals surface area contributed by atoms with Gasteiger partial charge in [0.05, 0.1) is 11.6 Å². The van der Waals surface area contributed by atoms with Crippen LogP contribution in [0.25, 0.3) is 0 Å². The number of benzene rings is 2. The standard InChI is InChI=1S/C18H19F3N2O/c1-12-5-3-4-6-16(12)13(2)23-17(24)22-11-14-7-9-15(10-8-14)18(19,20)21/h3-10,13H,11H2,1-2H3,(H2,22,23,24). The lowest BCUT2D eigenvalue weighted by Gasteiger charge is -2.17. The third-order valence-electron chi connectivity index (χ3n) is 3.74. The van der Waals surface area contributed by atoms with Gasteiger partial charge in [0.1, 0.15) is 0 Å². The molecule has 0 bridgehead atoms. The molecular weight excluding hydrogens is 317 g/mol. The van der Waals surface area contributed by atoms with Gasteiger partial charge in [0, 0.05) is 6.54 Å². The summed E-state index contributed by atoms with van der Waals surface area (Å²) in [5.74, 6) is 0. The van der Waals surface area contributed by atoms with E-state index >= 15 is 0 Å². The Morgan fingerprint density at radius 2 is 1.71 bits per heavy atom. The Bertz CT molecular complexity index is 696. The number of aryl methyl sites for hydroxylation is 1. The fraction of sp³-hybridized carbons (Fsp3) is 0.278. The number of carbonyl (C=O) groups is 1. The molecule has 1 unspecified atom stereocenters. The second kappa shape index (κ2) is 7.38. The van der Waals surface area contributed by atoms with Gasteiger partial charge in [-0.25, -0.2) is 4.79 Å². The van der Waals surface area contributed by atoms with Crippen molar-refractivity contribution in [1.82, 2.24) is 10.6 Å². The van der Waals surface area contributed by atoms with Crippen LogP contribution in [0, 0.1) is 6.92 Å². The number of nitrogens with one attached hydrogen (secondary N) is 2. The zero-order valence-corrected chi connectivity index (χ0v) is 13.4. The normalized spacial score (nSPS) is 12.5. The van der Waals surface area contributed by atoms with Crippen LogP contribution in [0.1, 0.15) is 35.2 Å². The SMILES string of the molecule is Cc1ccccc1C(C)NC(=O)NCc1ccc(C(F)(F)F)cc1. The number of amides is 2. The molecule has 0 radical (unpaired) electrons. The van der Waals surface area contributed by atoms with E-state index in [1.54, 1.807) is 0 Å². The van der Waals surface area contributed by atoms with Crippen molar-refractivity contribution in [2.24, 2.45) is 0 Å². The van der Waals surface area contributed by atoms with Gasteiger partial charge in [0.25, 0.3) is 0 Å². The molecule has 6 heteroatoms. The molecule has 0 saturated carbocycles. The molecule has 2 rings (SSSR count). The van der Waals surface area contributed by atoms with E-state index in [0.717, 1.165) is 23.3 Å². The van der Waals surface area contributed by atoms with E-state index in [1.807, 2.05) is 38.1 Å². The van der Waals surface area contributed by atoms with Crippen LogP contribution in [-0.4, -0.2) is 6.03 Å². The Hall–Kier alpha value is -2.50. The molecule has 0 aromatic heterocycles. The largest absolute Gasteiger partial charge is 0.416 e. The molecule has 0 aliphatic carbocycles. The van der Waals surface area contributed by atoms with Crippen molar-refractivity contribution in [1.29, 1.82) is 0 Å². The molecule has 0 saturated heterocycles. The van der Waals surface area contributed by atoms with Crippen molar-refractivity contribution >= 4 is 6.03 Å². The predicted molar refractivity (Wildman–Crippen MR) is 86.4 cm³/mol. The van der Waals surface area contributed by atoms with Gasteiger partial charge in [-0.15, -0.1) is 0 Å². The smallest absolute Gasteiger partial charge is 0.334 e. The average Bonchev–Trinajstić information content (AvgIpc) is 2.53. The molecule has 0 aliphatic heterocycles. The van der Waals surface area contributed by atoms with Gasteiger partial charge >= 0.3 is 12.2 Å². The van der Waals surface area contributed by atoms with Gasteiger partial charge in [-0.2, -0.15) is 13.2 Å². The zero-order chi connectivity index (χ0) is 17.7. The number of urea groups is 1. The first-order valence-electron chi connectivity index (χ1n) is 7.53. The minimum Gasteiger partial charge on any atom is -0.334 e. The van der Waals surface area contributed by atoms with Gasteiger partial charge in [-0.1, -0.05) is 36.4 Å². The van der Waals surface area contributed by atoms with Crippen LogP contribution in [-0.2, 0) is 12.7 Å². The van der Waals surface area contributed by atoms with Crippen LogP contribution in [0.15, 0.2) is 48.5 Å². The van der Waals surface area contributed by atoms with Crippen LogP contribution < -0.4 is 10.6 Å². The number of halogens is 3. The molecule has 128 valence electrons. The summed E-state index contributed by atoms with van der Waals surface area (Å²) in [4.78, 5) is 11.9. The van der Waals surface area contributed by atoms with Crippen LogP contribution in [0.2, 0.25) is 0 Å². The van der Waals surface area contributed by atoms with E-state index in [4.69, 9.17) is 0 Å². The maximum Gasteiger partial charge on any atom is 0.416 e. The number of rotatable bonds is 4. The first-order chi connectivity index (χ1) is 11.3. The number of alkyl halides is 3. The highest BCUT2D eigenvalue weighted by Gasteiger charge is 2.29. The minimum atomic E-state index is -4.35. The van der Waals surface area contributed by atoms with E-state index in [-0.39, 0.29) is 18.6 Å². The van der Waals surface area contributed by atoms with E-state index < -0.39 is 11.7 Å². The van der Waals surface area contributed by atoms with Crippen LogP contribution in [0.4, 0.5) is 18.0 Å². The third kappa shape index (κ3) is 4.75. The molecule has 24 heavy (non-hydrogen) atoms. The maximum atomic E-state index is 12.5. The Morgan fingerprint density at radius 3 is 2.29 bits per heavy atom. The van der Waals surface area contributed by atoms with Crippen molar-refractivity contribution in [2.75, 3.05) is 0 Å². The molecular formula is C18H19F3N2O. The molecule has 2 aromatic carbocycles. The quantitative estimate of drug-likeness (QED) is 0.843. The van der Waals surface area contributed by atoms with Crippen molar-refractivity contribution in [2.45, 2.75) is 32.6 Å². The van der Waals surface area contributed by atoms with Crippen molar-refractivity contribution in [3.8, 4) is 0 Å². The topological polar surface area (TPSA) is 41.1 Å². The third-order valence-corrected chi connectivity index (χ3v) is 3.74. The Labute approximate surface area is 138 Å². The summed E-state index contributed by atoms with van der Waals surface area (Å²) in [6.07, 6.45) is -4.35. The fourth-order valence-electron chi connectivity index (χ4n) is 2.39. The summed E-state index contributed by atoms with van der Waals surface area (Å²) in [5.41, 5.74) is 1.99. The zero-order valence-electron chi connectivity index (χ0n) is 13.4. The predicted octanol–water partition coefficient (Wildman–Crippen LogP) is 4.57. The number of carbonyl (C=O) groups excluding carboxylic acids is 1. The minimum absolute atomic E-state index is 0.157. The van der Waals surface area contributed by atoms with Crippen molar-refractivity contribution in [3.05, 3.63) is 70.8 Å². The Balaban J connectivity index is 1.88. The highest BCUT2D eigenvalue weighted by atomic mass is 19.4. The van der Waals surface area contributed by atoms with Crippen LogP contribution in [0.5, 0.6) is 0 Å². The Morgan fingerprint density at radius 1 is 1.08 bits per heavy atom. The van der Waals surface area contributed by atoms with E-state index in [1.165, 1.54) is 12.1 Å². The summed E-state index contributed by atoms with van der Waals surface area (Å²) in [5, 5.41) is 5.46.